The van der Waals surface area contributed by atoms with E-state index in [1.165, 1.54) is 18.5 Å². The van der Waals surface area contributed by atoms with Crippen LogP contribution in [0.4, 0.5) is 0 Å². The summed E-state index contributed by atoms with van der Waals surface area (Å²) in [6.07, 6.45) is 3.01. The standard InChI is InChI=1S/C27H34N4O4.2ClH/c1-5-19-24(28-26(33)23(25(19)32)27(34)35)15-6-8-21-17(10-15)11-18(30(21)4)13-31-12-16-7-9-22(29(2)3)20(16)14-31;;/h6,8,10-11,16,20,22H,5,7,9,12-14H2,1-4H3,(H,34,35)(H2,28,32,33);2*1H/t16-,20+,22-;;/m1../s1. The van der Waals surface area contributed by atoms with Crippen LogP contribution < -0.4 is 5.56 Å². The molecule has 10 heteroatoms. The van der Waals surface area contributed by atoms with Gasteiger partial charge in [0, 0.05) is 54.9 Å². The fourth-order valence-corrected chi connectivity index (χ4v) is 6.46. The first kappa shape index (κ1) is 29.0. The van der Waals surface area contributed by atoms with Crippen molar-refractivity contribution < 1.29 is 15.0 Å². The van der Waals surface area contributed by atoms with Crippen molar-refractivity contribution in [3.8, 4) is 17.0 Å². The van der Waals surface area contributed by atoms with Gasteiger partial charge in [0.05, 0.1) is 5.69 Å². The largest absolute Gasteiger partial charge is 0.506 e. The van der Waals surface area contributed by atoms with E-state index in [-0.39, 0.29) is 24.8 Å². The number of aromatic amines is 1. The Morgan fingerprint density at radius 2 is 1.89 bits per heavy atom. The molecular formula is C27H36Cl2N4O4. The van der Waals surface area contributed by atoms with Crippen molar-refractivity contribution in [2.45, 2.75) is 38.8 Å². The summed E-state index contributed by atoms with van der Waals surface area (Å²) in [5.74, 6) is -0.356. The third-order valence-electron chi connectivity index (χ3n) is 8.23. The molecule has 1 aliphatic heterocycles. The number of nitrogens with zero attached hydrogens (tertiary/aromatic N) is 3. The van der Waals surface area contributed by atoms with E-state index >= 15 is 0 Å². The first-order valence-corrected chi connectivity index (χ1v) is 12.4. The highest BCUT2D eigenvalue weighted by molar-refractivity contribution is 5.92. The lowest BCUT2D eigenvalue weighted by Crippen LogP contribution is -2.34. The number of likely N-dealkylation sites (tertiary alicyclic amines) is 1. The van der Waals surface area contributed by atoms with Crippen molar-refractivity contribution in [2.24, 2.45) is 18.9 Å². The number of aryl methyl sites for hydroxylation is 1. The van der Waals surface area contributed by atoms with Crippen LogP contribution in [0, 0.1) is 11.8 Å². The van der Waals surface area contributed by atoms with Gasteiger partial charge in [0.2, 0.25) is 0 Å². The SMILES string of the molecule is CCc1c(-c2ccc3c(c2)cc(CN2C[C@H]4CC[C@@H](N(C)C)[C@H]4C2)n3C)[nH]c(=O)c(C(=O)O)c1O.Cl.Cl. The molecule has 37 heavy (non-hydrogen) atoms. The van der Waals surface area contributed by atoms with Gasteiger partial charge in [-0.25, -0.2) is 4.79 Å². The number of carboxylic acid groups (broad SMARTS) is 1. The molecule has 3 heterocycles. The average Bonchev–Trinajstić information content (AvgIpc) is 3.46. The van der Waals surface area contributed by atoms with Gasteiger partial charge in [-0.05, 0) is 69.0 Å². The van der Waals surface area contributed by atoms with Crippen LogP contribution in [0.1, 0.15) is 41.4 Å². The monoisotopic (exact) mass is 550 g/mol. The summed E-state index contributed by atoms with van der Waals surface area (Å²) in [4.78, 5) is 31.5. The number of hydrogen-bond acceptors (Lipinski definition) is 5. The number of rotatable bonds is 6. The summed E-state index contributed by atoms with van der Waals surface area (Å²) in [6.45, 7) is 5.02. The van der Waals surface area contributed by atoms with Gasteiger partial charge in [-0.2, -0.15) is 0 Å². The second kappa shape index (κ2) is 11.1. The topological polar surface area (TPSA) is 102 Å². The van der Waals surface area contributed by atoms with Crippen molar-refractivity contribution in [3.63, 3.8) is 0 Å². The highest BCUT2D eigenvalue weighted by atomic mass is 35.5. The van der Waals surface area contributed by atoms with E-state index in [0.29, 0.717) is 23.7 Å². The molecule has 1 saturated carbocycles. The van der Waals surface area contributed by atoms with Crippen molar-refractivity contribution in [1.29, 1.82) is 0 Å². The first-order valence-electron chi connectivity index (χ1n) is 12.4. The van der Waals surface area contributed by atoms with Crippen molar-refractivity contribution >= 4 is 41.7 Å². The fourth-order valence-electron chi connectivity index (χ4n) is 6.46. The smallest absolute Gasteiger partial charge is 0.345 e. The predicted molar refractivity (Wildman–Crippen MR) is 150 cm³/mol. The number of nitrogens with one attached hydrogen (secondary N) is 1. The van der Waals surface area contributed by atoms with Crippen molar-refractivity contribution in [2.75, 3.05) is 27.2 Å². The van der Waals surface area contributed by atoms with Gasteiger partial charge in [0.25, 0.3) is 5.56 Å². The van der Waals surface area contributed by atoms with Gasteiger partial charge in [-0.15, -0.1) is 24.8 Å². The van der Waals surface area contributed by atoms with Crippen LogP contribution in [0.5, 0.6) is 5.75 Å². The van der Waals surface area contributed by atoms with E-state index in [0.717, 1.165) is 47.9 Å². The molecule has 2 fully saturated rings. The molecule has 8 nitrogen and oxygen atoms in total. The maximum Gasteiger partial charge on any atom is 0.345 e. The average molecular weight is 552 g/mol. The normalized spacial score (nSPS) is 21.2. The third-order valence-corrected chi connectivity index (χ3v) is 8.23. The number of pyridine rings is 1. The minimum Gasteiger partial charge on any atom is -0.506 e. The van der Waals surface area contributed by atoms with E-state index < -0.39 is 22.8 Å². The van der Waals surface area contributed by atoms with Gasteiger partial charge in [0.1, 0.15) is 5.75 Å². The Morgan fingerprint density at radius 3 is 2.54 bits per heavy atom. The first-order chi connectivity index (χ1) is 16.7. The number of H-pyrrole nitrogens is 1. The zero-order valence-electron chi connectivity index (χ0n) is 21.7. The van der Waals surface area contributed by atoms with Crippen LogP contribution in [-0.4, -0.2) is 68.8 Å². The number of fused-ring (bicyclic) bond motifs is 2. The molecule has 5 rings (SSSR count). The molecule has 2 aromatic heterocycles. The molecule has 1 aromatic carbocycles. The van der Waals surface area contributed by atoms with Crippen LogP contribution in [0.2, 0.25) is 0 Å². The van der Waals surface area contributed by atoms with Crippen molar-refractivity contribution in [3.05, 3.63) is 51.4 Å². The molecule has 0 radical (unpaired) electrons. The number of halogens is 2. The summed E-state index contributed by atoms with van der Waals surface area (Å²) < 4.78 is 2.23. The number of carbonyl (C=O) groups is 1. The van der Waals surface area contributed by atoms with Crippen LogP contribution in [-0.2, 0) is 20.0 Å². The van der Waals surface area contributed by atoms with Gasteiger partial charge in [-0.3, -0.25) is 9.69 Å². The molecule has 3 aromatic rings. The Hall–Kier alpha value is -2.52. The molecule has 2 aliphatic rings. The molecular weight excluding hydrogens is 515 g/mol. The summed E-state index contributed by atoms with van der Waals surface area (Å²) in [6, 6.07) is 8.82. The summed E-state index contributed by atoms with van der Waals surface area (Å²) in [7, 11) is 6.48. The minimum atomic E-state index is -1.43. The molecule has 3 atom stereocenters. The molecule has 0 amide bonds. The second-order valence-corrected chi connectivity index (χ2v) is 10.4. The molecule has 1 aliphatic carbocycles. The lowest BCUT2D eigenvalue weighted by Gasteiger charge is -2.26. The van der Waals surface area contributed by atoms with Crippen LogP contribution in [0.15, 0.2) is 29.1 Å². The van der Waals surface area contributed by atoms with Crippen LogP contribution >= 0.6 is 24.8 Å². The highest BCUT2D eigenvalue weighted by Crippen LogP contribution is 2.40. The lowest BCUT2D eigenvalue weighted by molar-refractivity contribution is 0.0691. The quantitative estimate of drug-likeness (QED) is 0.426. The highest BCUT2D eigenvalue weighted by Gasteiger charge is 2.43. The Balaban J connectivity index is 0.00000190. The summed E-state index contributed by atoms with van der Waals surface area (Å²) in [5, 5.41) is 20.9. The van der Waals surface area contributed by atoms with Crippen molar-refractivity contribution in [1.82, 2.24) is 19.4 Å². The molecule has 0 bridgehead atoms. The summed E-state index contributed by atoms with van der Waals surface area (Å²) in [5.41, 5.74) is 2.58. The molecule has 0 unspecified atom stereocenters. The summed E-state index contributed by atoms with van der Waals surface area (Å²) >= 11 is 0. The van der Waals surface area contributed by atoms with E-state index in [2.05, 4.69) is 46.6 Å². The van der Waals surface area contributed by atoms with Crippen LogP contribution in [0.3, 0.4) is 0 Å². The number of carboxylic acids is 1. The fraction of sp³-hybridized carbons (Fsp3) is 0.481. The number of benzene rings is 1. The van der Waals surface area contributed by atoms with Gasteiger partial charge < -0.3 is 24.7 Å². The number of aromatic nitrogens is 2. The van der Waals surface area contributed by atoms with Gasteiger partial charge in [-0.1, -0.05) is 13.0 Å². The Morgan fingerprint density at radius 1 is 1.16 bits per heavy atom. The number of hydrogen-bond donors (Lipinski definition) is 3. The molecule has 0 spiro atoms. The Labute approximate surface area is 229 Å². The maximum absolute atomic E-state index is 12.4. The van der Waals surface area contributed by atoms with E-state index in [9.17, 15) is 19.8 Å². The van der Waals surface area contributed by atoms with Gasteiger partial charge >= 0.3 is 5.97 Å². The lowest BCUT2D eigenvalue weighted by atomic mass is 9.97. The minimum absolute atomic E-state index is 0. The maximum atomic E-state index is 12.4. The van der Waals surface area contributed by atoms with Crippen LogP contribution in [0.25, 0.3) is 22.2 Å². The third kappa shape index (κ3) is 5.00. The second-order valence-electron chi connectivity index (χ2n) is 10.4. The number of aromatic carboxylic acids is 1. The zero-order chi connectivity index (χ0) is 25.0. The van der Waals surface area contributed by atoms with E-state index in [4.69, 9.17) is 0 Å². The number of aromatic hydroxyl groups is 1. The zero-order valence-corrected chi connectivity index (χ0v) is 23.3. The van der Waals surface area contributed by atoms with E-state index in [1.54, 1.807) is 0 Å². The Bertz CT molecular complexity index is 1370. The van der Waals surface area contributed by atoms with Gasteiger partial charge in [0.15, 0.2) is 5.56 Å². The molecule has 202 valence electrons. The molecule has 3 N–H and O–H groups in total. The van der Waals surface area contributed by atoms with E-state index in [1.807, 2.05) is 25.1 Å². The molecule has 1 saturated heterocycles. The predicted octanol–water partition coefficient (Wildman–Crippen LogP) is 4.12. The Kier molecular flexibility index (Phi) is 8.69.